The van der Waals surface area contributed by atoms with E-state index in [1.807, 2.05) is 12.1 Å². The number of halogens is 1. The second-order valence-corrected chi connectivity index (χ2v) is 6.18. The second-order valence-electron chi connectivity index (χ2n) is 5.78. The summed E-state index contributed by atoms with van der Waals surface area (Å²) in [6.07, 6.45) is 0. The van der Waals surface area contributed by atoms with Crippen molar-refractivity contribution in [1.82, 2.24) is 5.32 Å². The van der Waals surface area contributed by atoms with Crippen LogP contribution in [0, 0.1) is 6.92 Å². The Bertz CT molecular complexity index is 749. The first-order chi connectivity index (χ1) is 10.7. The van der Waals surface area contributed by atoms with Crippen molar-refractivity contribution in [3.8, 4) is 0 Å². The summed E-state index contributed by atoms with van der Waals surface area (Å²) in [5, 5.41) is 12.3. The van der Waals surface area contributed by atoms with E-state index < -0.39 is 11.4 Å². The molecule has 0 saturated carbocycles. The van der Waals surface area contributed by atoms with Crippen molar-refractivity contribution in [2.45, 2.75) is 32.7 Å². The van der Waals surface area contributed by atoms with Gasteiger partial charge in [0.15, 0.2) is 0 Å². The van der Waals surface area contributed by atoms with Crippen LogP contribution in [-0.4, -0.2) is 17.0 Å². The van der Waals surface area contributed by atoms with E-state index in [9.17, 15) is 9.59 Å². The van der Waals surface area contributed by atoms with Crippen LogP contribution < -0.4 is 5.32 Å². The lowest BCUT2D eigenvalue weighted by Gasteiger charge is -2.25. The minimum absolute atomic E-state index is 0.0969. The molecular formula is C17H18ClNO4. The van der Waals surface area contributed by atoms with Gasteiger partial charge < -0.3 is 14.8 Å². The first-order valence-electron chi connectivity index (χ1n) is 7.09. The molecule has 122 valence electrons. The van der Waals surface area contributed by atoms with E-state index in [-0.39, 0.29) is 18.0 Å². The van der Waals surface area contributed by atoms with E-state index in [1.165, 1.54) is 6.07 Å². The van der Waals surface area contributed by atoms with Gasteiger partial charge in [0, 0.05) is 5.02 Å². The highest BCUT2D eigenvalue weighted by Crippen LogP contribution is 2.30. The molecule has 0 saturated heterocycles. The lowest BCUT2D eigenvalue weighted by atomic mass is 9.83. The highest BCUT2D eigenvalue weighted by Gasteiger charge is 2.31. The van der Waals surface area contributed by atoms with Crippen LogP contribution in [0.4, 0.5) is 0 Å². The molecule has 0 atom stereocenters. The van der Waals surface area contributed by atoms with Gasteiger partial charge in [0.1, 0.15) is 17.1 Å². The Labute approximate surface area is 139 Å². The van der Waals surface area contributed by atoms with E-state index in [4.69, 9.17) is 21.1 Å². The minimum Gasteiger partial charge on any atom is -0.478 e. The number of furan rings is 1. The molecule has 1 aromatic carbocycles. The number of nitrogens with one attached hydrogen (secondary N) is 1. The van der Waals surface area contributed by atoms with Gasteiger partial charge in [-0.3, -0.25) is 4.79 Å². The van der Waals surface area contributed by atoms with Crippen LogP contribution in [-0.2, 0) is 16.8 Å². The molecule has 23 heavy (non-hydrogen) atoms. The Morgan fingerprint density at radius 3 is 2.52 bits per heavy atom. The maximum atomic E-state index is 12.5. The summed E-state index contributed by atoms with van der Waals surface area (Å²) in [7, 11) is 0. The van der Waals surface area contributed by atoms with Gasteiger partial charge in [0.25, 0.3) is 0 Å². The third-order valence-electron chi connectivity index (χ3n) is 3.74. The summed E-state index contributed by atoms with van der Waals surface area (Å²) in [6, 6.07) is 8.59. The Morgan fingerprint density at radius 2 is 1.96 bits per heavy atom. The van der Waals surface area contributed by atoms with Crippen molar-refractivity contribution in [3.05, 3.63) is 58.0 Å². The van der Waals surface area contributed by atoms with Gasteiger partial charge in [0.05, 0.1) is 12.0 Å². The summed E-state index contributed by atoms with van der Waals surface area (Å²) >= 11 is 6.17. The summed E-state index contributed by atoms with van der Waals surface area (Å²) in [5.41, 5.74) is -0.00377. The number of rotatable bonds is 5. The zero-order chi connectivity index (χ0) is 17.2. The zero-order valence-corrected chi connectivity index (χ0v) is 13.9. The molecule has 0 aliphatic rings. The van der Waals surface area contributed by atoms with Crippen molar-refractivity contribution >= 4 is 23.5 Å². The van der Waals surface area contributed by atoms with Gasteiger partial charge in [-0.15, -0.1) is 0 Å². The van der Waals surface area contributed by atoms with E-state index in [0.29, 0.717) is 16.5 Å². The molecule has 1 amide bonds. The number of hydrogen-bond donors (Lipinski definition) is 2. The fourth-order valence-electron chi connectivity index (χ4n) is 2.32. The average molecular weight is 336 g/mol. The maximum Gasteiger partial charge on any atom is 0.339 e. The molecule has 1 heterocycles. The summed E-state index contributed by atoms with van der Waals surface area (Å²) in [6.45, 7) is 5.24. The molecule has 6 heteroatoms. The van der Waals surface area contributed by atoms with Crippen LogP contribution in [0.2, 0.25) is 5.02 Å². The standard InChI is InChI=1S/C17H18ClNO4/c1-10-12(15(20)21)8-11(23-10)9-19-16(22)17(2,3)13-6-4-5-7-14(13)18/h4-8H,9H2,1-3H3,(H,19,22)(H,20,21). The topological polar surface area (TPSA) is 79.5 Å². The maximum absolute atomic E-state index is 12.5. The fraction of sp³-hybridized carbons (Fsp3) is 0.294. The molecule has 0 fully saturated rings. The first-order valence-corrected chi connectivity index (χ1v) is 7.47. The van der Waals surface area contributed by atoms with E-state index in [0.717, 1.165) is 5.56 Å². The summed E-state index contributed by atoms with van der Waals surface area (Å²) in [4.78, 5) is 23.5. The Morgan fingerprint density at radius 1 is 1.30 bits per heavy atom. The van der Waals surface area contributed by atoms with Gasteiger partial charge in [0.2, 0.25) is 5.91 Å². The number of carbonyl (C=O) groups is 2. The monoisotopic (exact) mass is 335 g/mol. The van der Waals surface area contributed by atoms with Crippen molar-refractivity contribution in [3.63, 3.8) is 0 Å². The van der Waals surface area contributed by atoms with Crippen LogP contribution in [0.3, 0.4) is 0 Å². The van der Waals surface area contributed by atoms with Crippen LogP contribution in [0.25, 0.3) is 0 Å². The number of benzene rings is 1. The summed E-state index contributed by atoms with van der Waals surface area (Å²) < 4.78 is 5.35. The van der Waals surface area contributed by atoms with Gasteiger partial charge in [-0.05, 0) is 38.5 Å². The highest BCUT2D eigenvalue weighted by atomic mass is 35.5. The molecular weight excluding hydrogens is 318 g/mol. The molecule has 1 aromatic heterocycles. The lowest BCUT2D eigenvalue weighted by Crippen LogP contribution is -2.39. The van der Waals surface area contributed by atoms with Crippen molar-refractivity contribution < 1.29 is 19.1 Å². The van der Waals surface area contributed by atoms with Crippen LogP contribution in [0.5, 0.6) is 0 Å². The minimum atomic E-state index is -1.06. The molecule has 2 aromatic rings. The first kappa shape index (κ1) is 17.1. The zero-order valence-electron chi connectivity index (χ0n) is 13.1. The largest absolute Gasteiger partial charge is 0.478 e. The molecule has 2 N–H and O–H groups in total. The molecule has 0 unspecified atom stereocenters. The number of hydrogen-bond acceptors (Lipinski definition) is 3. The SMILES string of the molecule is Cc1oc(CNC(=O)C(C)(C)c2ccccc2Cl)cc1C(=O)O. The van der Waals surface area contributed by atoms with Gasteiger partial charge in [-0.25, -0.2) is 4.79 Å². The second kappa shape index (κ2) is 6.46. The van der Waals surface area contributed by atoms with E-state index in [2.05, 4.69) is 5.32 Å². The smallest absolute Gasteiger partial charge is 0.339 e. The predicted molar refractivity (Wildman–Crippen MR) is 86.7 cm³/mol. The molecule has 0 aliphatic heterocycles. The van der Waals surface area contributed by atoms with E-state index in [1.54, 1.807) is 32.9 Å². The highest BCUT2D eigenvalue weighted by molar-refractivity contribution is 6.31. The Kier molecular flexibility index (Phi) is 4.80. The van der Waals surface area contributed by atoms with Crippen LogP contribution >= 0.6 is 11.6 Å². The molecule has 0 aliphatic carbocycles. The average Bonchev–Trinajstić information content (AvgIpc) is 2.86. The molecule has 5 nitrogen and oxygen atoms in total. The fourth-order valence-corrected chi connectivity index (χ4v) is 2.69. The molecule has 0 radical (unpaired) electrons. The number of aryl methyl sites for hydroxylation is 1. The number of carboxylic acid groups (broad SMARTS) is 1. The molecule has 0 spiro atoms. The Hall–Kier alpha value is -2.27. The normalized spacial score (nSPS) is 11.3. The quantitative estimate of drug-likeness (QED) is 0.876. The van der Waals surface area contributed by atoms with Crippen molar-refractivity contribution in [1.29, 1.82) is 0 Å². The van der Waals surface area contributed by atoms with Gasteiger partial charge in [-0.1, -0.05) is 29.8 Å². The third-order valence-corrected chi connectivity index (χ3v) is 4.07. The third kappa shape index (κ3) is 3.56. The Balaban J connectivity index is 2.11. The number of aromatic carboxylic acids is 1. The predicted octanol–water partition coefficient (Wildman–Crippen LogP) is 3.53. The molecule has 0 bridgehead atoms. The number of carbonyl (C=O) groups excluding carboxylic acids is 1. The van der Waals surface area contributed by atoms with Crippen molar-refractivity contribution in [2.24, 2.45) is 0 Å². The van der Waals surface area contributed by atoms with Crippen LogP contribution in [0.15, 0.2) is 34.7 Å². The van der Waals surface area contributed by atoms with Crippen molar-refractivity contribution in [2.75, 3.05) is 0 Å². The number of carboxylic acids is 1. The lowest BCUT2D eigenvalue weighted by molar-refractivity contribution is -0.125. The number of amides is 1. The van der Waals surface area contributed by atoms with E-state index >= 15 is 0 Å². The molecule has 2 rings (SSSR count). The van der Waals surface area contributed by atoms with Crippen LogP contribution in [0.1, 0.15) is 41.3 Å². The van der Waals surface area contributed by atoms with Gasteiger partial charge >= 0.3 is 5.97 Å². The van der Waals surface area contributed by atoms with Gasteiger partial charge in [-0.2, -0.15) is 0 Å². The summed E-state index contributed by atoms with van der Waals surface area (Å²) in [5.74, 6) is -0.577.